The van der Waals surface area contributed by atoms with Crippen molar-refractivity contribution in [1.82, 2.24) is 0 Å². The quantitative estimate of drug-likeness (QED) is 0.566. The molecule has 0 aromatic heterocycles. The Kier molecular flexibility index (Phi) is 15.9. The van der Waals surface area contributed by atoms with Gasteiger partial charge in [0, 0.05) is 0 Å². The first-order chi connectivity index (χ1) is 2.91. The average Bonchev–Trinajstić information content (AvgIpc) is 1.61. The molecule has 0 saturated carbocycles. The zero-order valence-electron chi connectivity index (χ0n) is 4.44. The van der Waals surface area contributed by atoms with Crippen LogP contribution in [0.4, 0.5) is 0 Å². The molecule has 0 saturated heterocycles. The van der Waals surface area contributed by atoms with Crippen molar-refractivity contribution in [3.63, 3.8) is 0 Å². The van der Waals surface area contributed by atoms with Crippen LogP contribution in [-0.2, 0) is 3.08 Å². The first-order valence-electron chi connectivity index (χ1n) is 2.26. The van der Waals surface area contributed by atoms with Gasteiger partial charge in [0.05, 0.1) is 0 Å². The summed E-state index contributed by atoms with van der Waals surface area (Å²) in [5.41, 5.74) is 0. The standard InChI is InChI=1S/C4H9.BrH.O.Sn/c1-3-4-2;;;/h1,3-4H2,2H3;1H;;. The molecule has 0 N–H and O–H groups in total. The van der Waals surface area contributed by atoms with E-state index in [1.165, 1.54) is 12.8 Å². The molecular formula is C4H10BrOSn. The molecule has 0 aromatic carbocycles. The van der Waals surface area contributed by atoms with Crippen molar-refractivity contribution in [2.24, 2.45) is 0 Å². The SMILES string of the molecule is Br.CCC[CH2][Sn]=[O]. The van der Waals surface area contributed by atoms with Crippen LogP contribution in [0.1, 0.15) is 19.8 Å². The molecule has 0 unspecified atom stereocenters. The van der Waals surface area contributed by atoms with Crippen molar-refractivity contribution in [3.8, 4) is 0 Å². The van der Waals surface area contributed by atoms with Gasteiger partial charge in [-0.25, -0.2) is 0 Å². The molecule has 1 nitrogen and oxygen atoms in total. The van der Waals surface area contributed by atoms with Gasteiger partial charge in [0.1, 0.15) is 0 Å². The molecule has 0 bridgehead atoms. The van der Waals surface area contributed by atoms with E-state index in [0.29, 0.717) is 0 Å². The van der Waals surface area contributed by atoms with Gasteiger partial charge in [0.2, 0.25) is 0 Å². The maximum absolute atomic E-state index is 9.86. The number of hydrogen-bond acceptors (Lipinski definition) is 1. The molecule has 0 rings (SSSR count). The van der Waals surface area contributed by atoms with Crippen LogP contribution in [0, 0.1) is 0 Å². The van der Waals surface area contributed by atoms with E-state index in [-0.39, 0.29) is 17.0 Å². The van der Waals surface area contributed by atoms with Crippen molar-refractivity contribution in [2.75, 3.05) is 0 Å². The van der Waals surface area contributed by atoms with Gasteiger partial charge in [-0.2, -0.15) is 0 Å². The van der Waals surface area contributed by atoms with Crippen molar-refractivity contribution in [1.29, 1.82) is 0 Å². The van der Waals surface area contributed by atoms with Crippen LogP contribution < -0.4 is 0 Å². The fraction of sp³-hybridized carbons (Fsp3) is 1.00. The Morgan fingerprint density at radius 2 is 2.14 bits per heavy atom. The van der Waals surface area contributed by atoms with Crippen LogP contribution in [-0.4, -0.2) is 21.1 Å². The third kappa shape index (κ3) is 11.0. The molecular weight excluding hydrogens is 263 g/mol. The van der Waals surface area contributed by atoms with Crippen LogP contribution in [0.2, 0.25) is 4.44 Å². The molecule has 0 heterocycles. The van der Waals surface area contributed by atoms with E-state index in [2.05, 4.69) is 6.92 Å². The van der Waals surface area contributed by atoms with E-state index in [0.717, 1.165) is 4.44 Å². The summed E-state index contributed by atoms with van der Waals surface area (Å²) in [6.07, 6.45) is 2.37. The second-order valence-electron chi connectivity index (χ2n) is 1.25. The molecule has 0 aliphatic rings. The van der Waals surface area contributed by atoms with Crippen molar-refractivity contribution in [3.05, 3.63) is 0 Å². The zero-order chi connectivity index (χ0) is 4.83. The summed E-state index contributed by atoms with van der Waals surface area (Å²) in [5, 5.41) is 0. The third-order valence-electron chi connectivity index (χ3n) is 0.632. The number of rotatable bonds is 3. The predicted octanol–water partition coefficient (Wildman–Crippen LogP) is 1.83. The Labute approximate surface area is 65.2 Å². The Balaban J connectivity index is 0. The molecule has 0 aliphatic heterocycles. The minimum atomic E-state index is -1.06. The second-order valence-corrected chi connectivity index (χ2v) is 3.50. The van der Waals surface area contributed by atoms with E-state index in [1.54, 1.807) is 0 Å². The van der Waals surface area contributed by atoms with Crippen molar-refractivity contribution < 1.29 is 3.08 Å². The van der Waals surface area contributed by atoms with Gasteiger partial charge < -0.3 is 0 Å². The normalized spacial score (nSPS) is 7.00. The molecule has 0 aromatic rings. The van der Waals surface area contributed by atoms with E-state index in [4.69, 9.17) is 0 Å². The molecule has 0 spiro atoms. The topological polar surface area (TPSA) is 17.1 Å². The van der Waals surface area contributed by atoms with Crippen LogP contribution in [0.25, 0.3) is 0 Å². The van der Waals surface area contributed by atoms with E-state index in [1.807, 2.05) is 0 Å². The summed E-state index contributed by atoms with van der Waals surface area (Å²) in [5.74, 6) is 0. The number of halogens is 1. The summed E-state index contributed by atoms with van der Waals surface area (Å²) < 4.78 is 10.9. The van der Waals surface area contributed by atoms with Gasteiger partial charge in [-0.1, -0.05) is 0 Å². The monoisotopic (exact) mass is 273 g/mol. The summed E-state index contributed by atoms with van der Waals surface area (Å²) in [6, 6.07) is 0. The minimum absolute atomic E-state index is 0. The first-order valence-corrected chi connectivity index (χ1v) is 5.45. The predicted molar refractivity (Wildman–Crippen MR) is 36.5 cm³/mol. The van der Waals surface area contributed by atoms with Gasteiger partial charge >= 0.3 is 48.4 Å². The Hall–Kier alpha value is 1.08. The molecule has 0 atom stereocenters. The Morgan fingerprint density at radius 3 is 2.29 bits per heavy atom. The molecule has 43 valence electrons. The summed E-state index contributed by atoms with van der Waals surface area (Å²) in [6.45, 7) is 2.12. The summed E-state index contributed by atoms with van der Waals surface area (Å²) in [4.78, 5) is 0. The fourth-order valence-electron chi connectivity index (χ4n) is 0.249. The van der Waals surface area contributed by atoms with E-state index >= 15 is 0 Å². The van der Waals surface area contributed by atoms with Gasteiger partial charge in [-0.15, -0.1) is 17.0 Å². The molecule has 0 amide bonds. The second kappa shape index (κ2) is 10.1. The molecule has 0 aliphatic carbocycles. The Bertz CT molecular complexity index is 40.7. The van der Waals surface area contributed by atoms with Crippen LogP contribution in [0.3, 0.4) is 0 Å². The fourth-order valence-corrected chi connectivity index (χ4v) is 1.67. The summed E-state index contributed by atoms with van der Waals surface area (Å²) >= 11 is -1.06. The molecule has 1 radical (unpaired) electrons. The van der Waals surface area contributed by atoms with Crippen molar-refractivity contribution >= 4 is 38.1 Å². The first kappa shape index (κ1) is 11.0. The molecule has 7 heavy (non-hydrogen) atoms. The molecule has 3 heteroatoms. The number of unbranched alkanes of at least 4 members (excludes halogenated alkanes) is 1. The van der Waals surface area contributed by atoms with Gasteiger partial charge in [0.25, 0.3) is 0 Å². The third-order valence-corrected chi connectivity index (χ3v) is 2.22. The molecule has 0 fully saturated rings. The summed E-state index contributed by atoms with van der Waals surface area (Å²) in [7, 11) is 0. The zero-order valence-corrected chi connectivity index (χ0v) is 9.00. The van der Waals surface area contributed by atoms with E-state index < -0.39 is 21.1 Å². The average molecular weight is 273 g/mol. The van der Waals surface area contributed by atoms with Crippen LogP contribution >= 0.6 is 17.0 Å². The van der Waals surface area contributed by atoms with E-state index in [9.17, 15) is 3.08 Å². The van der Waals surface area contributed by atoms with Crippen molar-refractivity contribution in [2.45, 2.75) is 24.2 Å². The van der Waals surface area contributed by atoms with Gasteiger partial charge in [-0.3, -0.25) is 0 Å². The number of hydrogen-bond donors (Lipinski definition) is 0. The Morgan fingerprint density at radius 1 is 1.57 bits per heavy atom. The van der Waals surface area contributed by atoms with Gasteiger partial charge in [0.15, 0.2) is 0 Å². The van der Waals surface area contributed by atoms with Crippen LogP contribution in [0.15, 0.2) is 0 Å². The van der Waals surface area contributed by atoms with Crippen LogP contribution in [0.5, 0.6) is 0 Å². The van der Waals surface area contributed by atoms with Gasteiger partial charge in [-0.05, 0) is 0 Å². The maximum atomic E-state index is 9.86.